The molecular weight excluding hydrogens is 352 g/mol. The maximum atomic E-state index is 6.01. The molecule has 7 nitrogen and oxygen atoms in total. The first-order valence-electron chi connectivity index (χ1n) is 10.9. The van der Waals surface area contributed by atoms with E-state index in [-0.39, 0.29) is 6.10 Å². The number of guanidine groups is 1. The van der Waals surface area contributed by atoms with Crippen molar-refractivity contribution in [3.05, 3.63) is 18.0 Å². The van der Waals surface area contributed by atoms with Gasteiger partial charge in [0.1, 0.15) is 6.10 Å². The summed E-state index contributed by atoms with van der Waals surface area (Å²) in [6, 6.07) is 0.518. The molecule has 0 aromatic carbocycles. The number of morpholine rings is 1. The summed E-state index contributed by atoms with van der Waals surface area (Å²) in [7, 11) is 6.35. The van der Waals surface area contributed by atoms with E-state index >= 15 is 0 Å². The van der Waals surface area contributed by atoms with Crippen molar-refractivity contribution >= 4 is 5.96 Å². The van der Waals surface area contributed by atoms with Crippen LogP contribution in [0.2, 0.25) is 0 Å². The monoisotopic (exact) mass is 390 g/mol. The zero-order chi connectivity index (χ0) is 19.9. The lowest BCUT2D eigenvalue weighted by atomic mass is 9.83. The van der Waals surface area contributed by atoms with Crippen LogP contribution in [0.15, 0.2) is 17.4 Å². The SMILES string of the molecule is CCNC(=NCC(C1CCCCC1)N(C)C)N1CCOC(c2cnn(C)c2)C1. The Bertz CT molecular complexity index is 622. The van der Waals surface area contributed by atoms with Crippen LogP contribution in [0.5, 0.6) is 0 Å². The van der Waals surface area contributed by atoms with Crippen LogP contribution in [-0.4, -0.2) is 78.5 Å². The number of aromatic nitrogens is 2. The van der Waals surface area contributed by atoms with Crippen LogP contribution in [0.1, 0.15) is 50.7 Å². The third-order valence-corrected chi connectivity index (χ3v) is 6.08. The fourth-order valence-corrected chi connectivity index (χ4v) is 4.51. The predicted octanol–water partition coefficient (Wildman–Crippen LogP) is 2.27. The molecule has 1 aliphatic carbocycles. The van der Waals surface area contributed by atoms with E-state index in [0.717, 1.165) is 43.6 Å². The van der Waals surface area contributed by atoms with Crippen molar-refractivity contribution in [3.63, 3.8) is 0 Å². The molecule has 28 heavy (non-hydrogen) atoms. The number of aryl methyl sites for hydroxylation is 1. The van der Waals surface area contributed by atoms with Gasteiger partial charge in [-0.15, -0.1) is 0 Å². The number of hydrogen-bond acceptors (Lipinski definition) is 4. The molecule has 1 N–H and O–H groups in total. The van der Waals surface area contributed by atoms with Crippen LogP contribution in [0.25, 0.3) is 0 Å². The quantitative estimate of drug-likeness (QED) is 0.596. The highest BCUT2D eigenvalue weighted by Gasteiger charge is 2.27. The summed E-state index contributed by atoms with van der Waals surface area (Å²) in [6.45, 7) is 6.27. The van der Waals surface area contributed by atoms with Gasteiger partial charge in [-0.2, -0.15) is 5.10 Å². The van der Waals surface area contributed by atoms with Crippen LogP contribution in [0, 0.1) is 5.92 Å². The molecule has 0 radical (unpaired) electrons. The lowest BCUT2D eigenvalue weighted by Gasteiger charge is -2.36. The van der Waals surface area contributed by atoms with Gasteiger partial charge in [0.25, 0.3) is 0 Å². The number of rotatable bonds is 6. The van der Waals surface area contributed by atoms with Gasteiger partial charge in [0.05, 0.1) is 25.9 Å². The second-order valence-electron chi connectivity index (χ2n) is 8.38. The second kappa shape index (κ2) is 10.3. The average molecular weight is 391 g/mol. The van der Waals surface area contributed by atoms with Crippen molar-refractivity contribution in [1.29, 1.82) is 0 Å². The fraction of sp³-hybridized carbons (Fsp3) is 0.810. The van der Waals surface area contributed by atoms with E-state index in [0.29, 0.717) is 12.6 Å². The summed E-state index contributed by atoms with van der Waals surface area (Å²) < 4.78 is 7.84. The van der Waals surface area contributed by atoms with E-state index in [1.165, 1.54) is 32.1 Å². The van der Waals surface area contributed by atoms with E-state index < -0.39 is 0 Å². The highest BCUT2D eigenvalue weighted by atomic mass is 16.5. The molecule has 2 heterocycles. The zero-order valence-electron chi connectivity index (χ0n) is 18.1. The summed E-state index contributed by atoms with van der Waals surface area (Å²) >= 11 is 0. The van der Waals surface area contributed by atoms with Crippen molar-refractivity contribution < 1.29 is 4.74 Å². The summed E-state index contributed by atoms with van der Waals surface area (Å²) in [5, 5.41) is 7.80. The molecule has 1 aliphatic heterocycles. The first kappa shape index (κ1) is 21.1. The first-order chi connectivity index (χ1) is 13.6. The Kier molecular flexibility index (Phi) is 7.73. The minimum Gasteiger partial charge on any atom is -0.370 e. The number of likely N-dealkylation sites (N-methyl/N-ethyl adjacent to an activating group) is 1. The van der Waals surface area contributed by atoms with Gasteiger partial charge >= 0.3 is 0 Å². The molecule has 2 aliphatic rings. The molecule has 3 rings (SSSR count). The Balaban J connectivity index is 1.68. The zero-order valence-corrected chi connectivity index (χ0v) is 18.1. The van der Waals surface area contributed by atoms with Crippen LogP contribution >= 0.6 is 0 Å². The van der Waals surface area contributed by atoms with Gasteiger partial charge in [-0.05, 0) is 39.8 Å². The van der Waals surface area contributed by atoms with Crippen molar-refractivity contribution in [3.8, 4) is 0 Å². The van der Waals surface area contributed by atoms with Crippen molar-refractivity contribution in [2.75, 3.05) is 46.9 Å². The molecule has 1 aromatic heterocycles. The summed E-state index contributed by atoms with van der Waals surface area (Å²) in [5.41, 5.74) is 1.14. The largest absolute Gasteiger partial charge is 0.370 e. The number of ether oxygens (including phenoxy) is 1. The Morgan fingerprint density at radius 2 is 2.14 bits per heavy atom. The lowest BCUT2D eigenvalue weighted by molar-refractivity contribution is -0.00810. The summed E-state index contributed by atoms with van der Waals surface area (Å²) in [6.07, 6.45) is 10.8. The smallest absolute Gasteiger partial charge is 0.194 e. The van der Waals surface area contributed by atoms with E-state index in [4.69, 9.17) is 9.73 Å². The Morgan fingerprint density at radius 1 is 1.36 bits per heavy atom. The molecular formula is C21H38N6O. The number of nitrogens with one attached hydrogen (secondary N) is 1. The third-order valence-electron chi connectivity index (χ3n) is 6.08. The topological polar surface area (TPSA) is 57.9 Å². The van der Waals surface area contributed by atoms with Gasteiger partial charge in [-0.1, -0.05) is 19.3 Å². The lowest BCUT2D eigenvalue weighted by Crippen LogP contribution is -2.49. The number of nitrogens with zero attached hydrogens (tertiary/aromatic N) is 5. The van der Waals surface area contributed by atoms with E-state index in [9.17, 15) is 0 Å². The molecule has 1 aromatic rings. The molecule has 2 fully saturated rings. The Morgan fingerprint density at radius 3 is 2.79 bits per heavy atom. The Labute approximate surface area is 170 Å². The Hall–Kier alpha value is -1.60. The second-order valence-corrected chi connectivity index (χ2v) is 8.38. The summed E-state index contributed by atoms with van der Waals surface area (Å²) in [4.78, 5) is 9.80. The van der Waals surface area contributed by atoms with Gasteiger partial charge < -0.3 is 19.9 Å². The van der Waals surface area contributed by atoms with E-state index in [1.54, 1.807) is 0 Å². The molecule has 158 valence electrons. The molecule has 1 saturated carbocycles. The molecule has 2 unspecified atom stereocenters. The van der Waals surface area contributed by atoms with Gasteiger partial charge in [-0.3, -0.25) is 9.67 Å². The van der Waals surface area contributed by atoms with E-state index in [2.05, 4.69) is 41.2 Å². The molecule has 0 amide bonds. The van der Waals surface area contributed by atoms with Crippen LogP contribution in [-0.2, 0) is 11.8 Å². The maximum absolute atomic E-state index is 6.01. The number of hydrogen-bond donors (Lipinski definition) is 1. The van der Waals surface area contributed by atoms with Crippen molar-refractivity contribution in [1.82, 2.24) is 24.9 Å². The molecule has 0 spiro atoms. The normalized spacial score (nSPS) is 23.2. The highest BCUT2D eigenvalue weighted by molar-refractivity contribution is 5.80. The summed E-state index contributed by atoms with van der Waals surface area (Å²) in [5.74, 6) is 1.78. The van der Waals surface area contributed by atoms with Crippen LogP contribution in [0.4, 0.5) is 0 Å². The number of aliphatic imine (C=N–C) groups is 1. The van der Waals surface area contributed by atoms with Crippen molar-refractivity contribution in [2.24, 2.45) is 18.0 Å². The molecule has 1 saturated heterocycles. The van der Waals surface area contributed by atoms with Gasteiger partial charge in [-0.25, -0.2) is 0 Å². The minimum atomic E-state index is 0.0503. The predicted molar refractivity (Wildman–Crippen MR) is 114 cm³/mol. The average Bonchev–Trinajstić information content (AvgIpc) is 3.14. The van der Waals surface area contributed by atoms with Crippen LogP contribution in [0.3, 0.4) is 0 Å². The highest BCUT2D eigenvalue weighted by Crippen LogP contribution is 2.28. The van der Waals surface area contributed by atoms with E-state index in [1.807, 2.05) is 24.1 Å². The van der Waals surface area contributed by atoms with Gasteiger partial charge in [0.15, 0.2) is 5.96 Å². The van der Waals surface area contributed by atoms with Gasteiger partial charge in [0, 0.05) is 37.9 Å². The first-order valence-corrected chi connectivity index (χ1v) is 10.9. The van der Waals surface area contributed by atoms with Gasteiger partial charge in [0.2, 0.25) is 0 Å². The molecule has 2 atom stereocenters. The van der Waals surface area contributed by atoms with Crippen molar-refractivity contribution in [2.45, 2.75) is 51.2 Å². The molecule has 0 bridgehead atoms. The fourth-order valence-electron chi connectivity index (χ4n) is 4.51. The molecule has 7 heteroatoms. The van der Waals surface area contributed by atoms with Crippen LogP contribution < -0.4 is 5.32 Å². The third kappa shape index (κ3) is 5.47. The standard InChI is InChI=1S/C21H38N6O/c1-5-22-21(23-14-19(25(2)3)17-9-7-6-8-10-17)27-11-12-28-20(16-27)18-13-24-26(4)15-18/h13,15,17,19-20H,5-12,14,16H2,1-4H3,(H,22,23). The minimum absolute atomic E-state index is 0.0503. The maximum Gasteiger partial charge on any atom is 0.194 e.